The van der Waals surface area contributed by atoms with Crippen LogP contribution in [0, 0.1) is 6.92 Å². The smallest absolute Gasteiger partial charge is 0.249 e. The average molecular weight is 296 g/mol. The molecule has 0 aliphatic heterocycles. The average Bonchev–Trinajstić information content (AvgIpc) is 2.93. The number of anilines is 4. The van der Waals surface area contributed by atoms with Crippen LogP contribution in [0.15, 0.2) is 41.1 Å². The van der Waals surface area contributed by atoms with E-state index in [1.54, 1.807) is 6.07 Å². The van der Waals surface area contributed by atoms with Crippen molar-refractivity contribution in [1.29, 1.82) is 0 Å². The van der Waals surface area contributed by atoms with Crippen LogP contribution in [0.4, 0.5) is 23.3 Å². The third-order valence-electron chi connectivity index (χ3n) is 3.06. The van der Waals surface area contributed by atoms with Crippen molar-refractivity contribution in [1.82, 2.24) is 20.3 Å². The van der Waals surface area contributed by atoms with E-state index >= 15 is 0 Å². The summed E-state index contributed by atoms with van der Waals surface area (Å²) >= 11 is 0. The van der Waals surface area contributed by atoms with E-state index in [0.717, 1.165) is 17.9 Å². The van der Waals surface area contributed by atoms with Crippen LogP contribution in [0.1, 0.15) is 18.2 Å². The van der Waals surface area contributed by atoms with Crippen molar-refractivity contribution in [2.45, 2.75) is 20.3 Å². The van der Waals surface area contributed by atoms with Crippen LogP contribution in [-0.2, 0) is 6.42 Å². The quantitative estimate of drug-likeness (QED) is 0.747. The number of rotatable bonds is 5. The van der Waals surface area contributed by atoms with Crippen LogP contribution >= 0.6 is 0 Å². The molecule has 3 aromatic rings. The first-order chi connectivity index (χ1) is 10.7. The summed E-state index contributed by atoms with van der Waals surface area (Å²) in [6, 6.07) is 9.89. The Morgan fingerprint density at radius 3 is 2.59 bits per heavy atom. The molecule has 1 aromatic carbocycles. The van der Waals surface area contributed by atoms with Crippen molar-refractivity contribution in [3.63, 3.8) is 0 Å². The van der Waals surface area contributed by atoms with Crippen molar-refractivity contribution in [2.75, 3.05) is 10.6 Å². The minimum atomic E-state index is 0.412. The van der Waals surface area contributed by atoms with Gasteiger partial charge in [-0.15, -0.1) is 5.10 Å². The van der Waals surface area contributed by atoms with Crippen LogP contribution in [-0.4, -0.2) is 20.3 Å². The normalized spacial score (nSPS) is 10.5. The standard InChI is InChI=1S/C15H16N6O/c1-3-11-4-6-12(7-5-11)17-15-19-14(9-16-20-15)18-13-8-10(2)22-21-13/h4-9H,3H2,1-2H3,(H2,17,18,19,20,21). The molecule has 2 N–H and O–H groups in total. The van der Waals surface area contributed by atoms with Gasteiger partial charge in [0.2, 0.25) is 5.95 Å². The molecule has 112 valence electrons. The maximum Gasteiger partial charge on any atom is 0.249 e. The zero-order valence-corrected chi connectivity index (χ0v) is 12.4. The summed E-state index contributed by atoms with van der Waals surface area (Å²) < 4.78 is 4.99. The number of nitrogens with one attached hydrogen (secondary N) is 2. The third-order valence-corrected chi connectivity index (χ3v) is 3.06. The second-order valence-electron chi connectivity index (χ2n) is 4.79. The van der Waals surface area contributed by atoms with E-state index < -0.39 is 0 Å². The molecule has 0 fully saturated rings. The largest absolute Gasteiger partial charge is 0.360 e. The highest BCUT2D eigenvalue weighted by atomic mass is 16.5. The summed E-state index contributed by atoms with van der Waals surface area (Å²) in [7, 11) is 0. The predicted octanol–water partition coefficient (Wildman–Crippen LogP) is 3.22. The van der Waals surface area contributed by atoms with Gasteiger partial charge in [0, 0.05) is 11.8 Å². The fourth-order valence-electron chi connectivity index (χ4n) is 1.93. The number of hydrogen-bond donors (Lipinski definition) is 2. The number of aromatic nitrogens is 4. The molecule has 7 heteroatoms. The SMILES string of the molecule is CCc1ccc(Nc2nncc(Nc3cc(C)on3)n2)cc1. The minimum absolute atomic E-state index is 0.412. The Labute approximate surface area is 127 Å². The maximum absolute atomic E-state index is 4.99. The second kappa shape index (κ2) is 6.21. The van der Waals surface area contributed by atoms with E-state index in [9.17, 15) is 0 Å². The number of benzene rings is 1. The van der Waals surface area contributed by atoms with E-state index in [4.69, 9.17) is 4.52 Å². The zero-order chi connectivity index (χ0) is 15.4. The molecule has 0 atom stereocenters. The molecule has 2 aromatic heterocycles. The first kappa shape index (κ1) is 14.0. The molecule has 0 saturated heterocycles. The summed E-state index contributed by atoms with van der Waals surface area (Å²) in [5.74, 6) is 2.25. The van der Waals surface area contributed by atoms with Crippen LogP contribution in [0.2, 0.25) is 0 Å². The van der Waals surface area contributed by atoms with Crippen molar-refractivity contribution in [3.05, 3.63) is 47.9 Å². The van der Waals surface area contributed by atoms with Gasteiger partial charge in [-0.2, -0.15) is 10.1 Å². The van der Waals surface area contributed by atoms with Crippen LogP contribution in [0.5, 0.6) is 0 Å². The summed E-state index contributed by atoms with van der Waals surface area (Å²) in [5, 5.41) is 17.9. The summed E-state index contributed by atoms with van der Waals surface area (Å²) in [4.78, 5) is 4.34. The summed E-state index contributed by atoms with van der Waals surface area (Å²) in [6.07, 6.45) is 2.53. The second-order valence-corrected chi connectivity index (χ2v) is 4.79. The Kier molecular flexibility index (Phi) is 3.95. The topological polar surface area (TPSA) is 88.8 Å². The zero-order valence-electron chi connectivity index (χ0n) is 12.4. The fraction of sp³-hybridized carbons (Fsp3) is 0.200. The Bertz CT molecular complexity index is 753. The Hall–Kier alpha value is -2.96. The van der Waals surface area contributed by atoms with Crippen molar-refractivity contribution < 1.29 is 4.52 Å². The fourth-order valence-corrected chi connectivity index (χ4v) is 1.93. The van der Waals surface area contributed by atoms with Gasteiger partial charge in [-0.05, 0) is 31.0 Å². The Morgan fingerprint density at radius 2 is 1.91 bits per heavy atom. The van der Waals surface area contributed by atoms with Gasteiger partial charge < -0.3 is 15.2 Å². The summed E-state index contributed by atoms with van der Waals surface area (Å²) in [5.41, 5.74) is 2.19. The monoisotopic (exact) mass is 296 g/mol. The molecule has 0 amide bonds. The summed E-state index contributed by atoms with van der Waals surface area (Å²) in [6.45, 7) is 3.94. The van der Waals surface area contributed by atoms with E-state index in [1.807, 2.05) is 19.1 Å². The molecule has 0 bridgehead atoms. The third kappa shape index (κ3) is 3.38. The highest BCUT2D eigenvalue weighted by Gasteiger charge is 2.05. The molecular formula is C15H16N6O. The van der Waals surface area contributed by atoms with Gasteiger partial charge >= 0.3 is 0 Å². The first-order valence-electron chi connectivity index (χ1n) is 6.99. The molecular weight excluding hydrogens is 280 g/mol. The van der Waals surface area contributed by atoms with Crippen molar-refractivity contribution in [3.8, 4) is 0 Å². The maximum atomic E-state index is 4.99. The molecule has 7 nitrogen and oxygen atoms in total. The molecule has 22 heavy (non-hydrogen) atoms. The lowest BCUT2D eigenvalue weighted by Crippen LogP contribution is -2.02. The molecule has 3 rings (SSSR count). The van der Waals surface area contributed by atoms with Crippen LogP contribution < -0.4 is 10.6 Å². The van der Waals surface area contributed by atoms with E-state index in [0.29, 0.717) is 17.6 Å². The van der Waals surface area contributed by atoms with Gasteiger partial charge in [0.1, 0.15) is 5.76 Å². The van der Waals surface area contributed by atoms with Gasteiger partial charge in [0.05, 0.1) is 6.20 Å². The Morgan fingerprint density at radius 1 is 1.09 bits per heavy atom. The van der Waals surface area contributed by atoms with Gasteiger partial charge in [-0.1, -0.05) is 24.2 Å². The van der Waals surface area contributed by atoms with E-state index in [2.05, 4.69) is 50.0 Å². The highest BCUT2D eigenvalue weighted by molar-refractivity contribution is 5.56. The lowest BCUT2D eigenvalue weighted by Gasteiger charge is -2.06. The number of nitrogens with zero attached hydrogens (tertiary/aromatic N) is 4. The molecule has 0 spiro atoms. The van der Waals surface area contributed by atoms with Gasteiger partial charge in [-0.25, -0.2) is 0 Å². The lowest BCUT2D eigenvalue weighted by atomic mass is 10.1. The Balaban J connectivity index is 1.72. The van der Waals surface area contributed by atoms with E-state index in [1.165, 1.54) is 11.8 Å². The molecule has 0 aliphatic carbocycles. The first-order valence-corrected chi connectivity index (χ1v) is 6.99. The van der Waals surface area contributed by atoms with Crippen LogP contribution in [0.3, 0.4) is 0 Å². The minimum Gasteiger partial charge on any atom is -0.360 e. The highest BCUT2D eigenvalue weighted by Crippen LogP contribution is 2.17. The van der Waals surface area contributed by atoms with E-state index in [-0.39, 0.29) is 0 Å². The van der Waals surface area contributed by atoms with Gasteiger partial charge in [0.25, 0.3) is 0 Å². The van der Waals surface area contributed by atoms with Gasteiger partial charge in [0.15, 0.2) is 11.6 Å². The molecule has 2 heterocycles. The predicted molar refractivity (Wildman–Crippen MR) is 83.5 cm³/mol. The lowest BCUT2D eigenvalue weighted by molar-refractivity contribution is 0.400. The number of aryl methyl sites for hydroxylation is 2. The molecule has 0 aliphatic rings. The molecule has 0 unspecified atom stereocenters. The van der Waals surface area contributed by atoms with Crippen molar-refractivity contribution >= 4 is 23.3 Å². The van der Waals surface area contributed by atoms with Gasteiger partial charge in [-0.3, -0.25) is 0 Å². The molecule has 0 radical (unpaired) electrons. The molecule has 0 saturated carbocycles. The van der Waals surface area contributed by atoms with Crippen molar-refractivity contribution in [2.24, 2.45) is 0 Å². The number of hydrogen-bond acceptors (Lipinski definition) is 7. The van der Waals surface area contributed by atoms with Crippen LogP contribution in [0.25, 0.3) is 0 Å².